The van der Waals surface area contributed by atoms with Crippen LogP contribution < -0.4 is 0 Å². The first-order valence-corrected chi connectivity index (χ1v) is 5.09. The summed E-state index contributed by atoms with van der Waals surface area (Å²) >= 11 is 0.627. The van der Waals surface area contributed by atoms with Crippen molar-refractivity contribution >= 4 is 33.1 Å². The standard InChI is InChI=1S/C9H5NO6S/c11-4-2-5(12)7(10(15)16)8-3(4)1-6(17-8)9(13)14/h1-2,11-12H,(H,13,14). The maximum atomic E-state index is 10.7. The highest BCUT2D eigenvalue weighted by atomic mass is 32.1. The lowest BCUT2D eigenvalue weighted by Crippen LogP contribution is -1.89. The van der Waals surface area contributed by atoms with Gasteiger partial charge in [0.05, 0.1) is 4.92 Å². The Hall–Kier alpha value is -2.35. The number of thiophene rings is 1. The molecule has 2 aromatic rings. The van der Waals surface area contributed by atoms with E-state index in [1.54, 1.807) is 0 Å². The molecule has 7 nitrogen and oxygen atoms in total. The summed E-state index contributed by atoms with van der Waals surface area (Å²) in [6.45, 7) is 0. The molecule has 3 N–H and O–H groups in total. The Bertz CT molecular complexity index is 646. The quantitative estimate of drug-likeness (QED) is 0.556. The van der Waals surface area contributed by atoms with Gasteiger partial charge in [0.1, 0.15) is 15.3 Å². The Kier molecular flexibility index (Phi) is 2.36. The van der Waals surface area contributed by atoms with Crippen LogP contribution in [0.4, 0.5) is 5.69 Å². The van der Waals surface area contributed by atoms with E-state index in [9.17, 15) is 25.1 Å². The van der Waals surface area contributed by atoms with Crippen molar-refractivity contribution in [2.24, 2.45) is 0 Å². The second-order valence-electron chi connectivity index (χ2n) is 3.18. The van der Waals surface area contributed by atoms with E-state index in [0.717, 1.165) is 12.1 Å². The molecule has 8 heteroatoms. The zero-order valence-electron chi connectivity index (χ0n) is 8.08. The fourth-order valence-electron chi connectivity index (χ4n) is 1.43. The molecule has 2 rings (SSSR count). The molecule has 0 fully saturated rings. The highest BCUT2D eigenvalue weighted by Crippen LogP contribution is 2.44. The number of aromatic carboxylic acids is 1. The van der Waals surface area contributed by atoms with Crippen molar-refractivity contribution in [3.05, 3.63) is 27.1 Å². The summed E-state index contributed by atoms with van der Waals surface area (Å²) in [5.74, 6) is -2.34. The van der Waals surface area contributed by atoms with Gasteiger partial charge in [0.2, 0.25) is 0 Å². The molecule has 88 valence electrons. The molecule has 0 spiro atoms. The van der Waals surface area contributed by atoms with Crippen molar-refractivity contribution in [1.82, 2.24) is 0 Å². The van der Waals surface area contributed by atoms with Gasteiger partial charge in [0.25, 0.3) is 0 Å². The van der Waals surface area contributed by atoms with Gasteiger partial charge in [-0.1, -0.05) is 0 Å². The molecule has 0 saturated carbocycles. The predicted molar refractivity (Wildman–Crippen MR) is 58.8 cm³/mol. The first-order valence-electron chi connectivity index (χ1n) is 4.28. The van der Waals surface area contributed by atoms with E-state index in [1.165, 1.54) is 0 Å². The third-order valence-electron chi connectivity index (χ3n) is 2.13. The van der Waals surface area contributed by atoms with Crippen LogP contribution in [0.3, 0.4) is 0 Å². The number of nitrogens with zero attached hydrogens (tertiary/aromatic N) is 1. The van der Waals surface area contributed by atoms with Crippen molar-refractivity contribution < 1.29 is 25.0 Å². The Balaban J connectivity index is 2.90. The van der Waals surface area contributed by atoms with Crippen LogP contribution in [-0.2, 0) is 0 Å². The maximum absolute atomic E-state index is 10.7. The van der Waals surface area contributed by atoms with Crippen molar-refractivity contribution in [2.45, 2.75) is 0 Å². The molecule has 1 aromatic carbocycles. The number of fused-ring (bicyclic) bond motifs is 1. The maximum Gasteiger partial charge on any atom is 0.345 e. The minimum absolute atomic E-state index is 0.0388. The Morgan fingerprint density at radius 1 is 1.29 bits per heavy atom. The van der Waals surface area contributed by atoms with Crippen LogP contribution in [0.15, 0.2) is 12.1 Å². The molecule has 0 aliphatic heterocycles. The van der Waals surface area contributed by atoms with Gasteiger partial charge < -0.3 is 15.3 Å². The summed E-state index contributed by atoms with van der Waals surface area (Å²) in [5.41, 5.74) is -0.602. The lowest BCUT2D eigenvalue weighted by Gasteiger charge is -1.99. The lowest BCUT2D eigenvalue weighted by molar-refractivity contribution is -0.383. The average Bonchev–Trinajstić information content (AvgIpc) is 2.61. The average molecular weight is 255 g/mol. The van der Waals surface area contributed by atoms with Crippen LogP contribution in [0, 0.1) is 10.1 Å². The molecule has 0 aliphatic rings. The second-order valence-corrected chi connectivity index (χ2v) is 4.23. The Morgan fingerprint density at radius 2 is 1.94 bits per heavy atom. The molecule has 0 aliphatic carbocycles. The van der Waals surface area contributed by atoms with E-state index in [2.05, 4.69) is 0 Å². The van der Waals surface area contributed by atoms with E-state index >= 15 is 0 Å². The molecule has 0 amide bonds. The molecule has 1 aromatic heterocycles. The summed E-state index contributed by atoms with van der Waals surface area (Å²) in [6.07, 6.45) is 0. The van der Waals surface area contributed by atoms with Crippen LogP contribution in [0.25, 0.3) is 10.1 Å². The summed E-state index contributed by atoms with van der Waals surface area (Å²) in [4.78, 5) is 20.5. The minimum atomic E-state index is -1.25. The van der Waals surface area contributed by atoms with E-state index in [-0.39, 0.29) is 15.0 Å². The van der Waals surface area contributed by atoms with Crippen molar-refractivity contribution in [1.29, 1.82) is 0 Å². The third kappa shape index (κ3) is 1.64. The third-order valence-corrected chi connectivity index (χ3v) is 3.26. The smallest absolute Gasteiger partial charge is 0.345 e. The highest BCUT2D eigenvalue weighted by molar-refractivity contribution is 7.21. The number of nitro benzene ring substituents is 1. The van der Waals surface area contributed by atoms with Gasteiger partial charge >= 0.3 is 11.7 Å². The van der Waals surface area contributed by atoms with Gasteiger partial charge in [-0.15, -0.1) is 11.3 Å². The zero-order valence-corrected chi connectivity index (χ0v) is 8.89. The van der Waals surface area contributed by atoms with Crippen molar-refractivity contribution in [3.8, 4) is 11.5 Å². The predicted octanol–water partition coefficient (Wildman–Crippen LogP) is 1.92. The summed E-state index contributed by atoms with van der Waals surface area (Å²) < 4.78 is -0.0649. The summed E-state index contributed by atoms with van der Waals surface area (Å²) in [5, 5.41) is 38.4. The number of benzene rings is 1. The number of carbonyl (C=O) groups is 1. The first-order chi connectivity index (χ1) is 7.91. The first kappa shape index (κ1) is 11.1. The molecular formula is C9H5NO6S. The van der Waals surface area contributed by atoms with E-state index < -0.39 is 28.1 Å². The SMILES string of the molecule is O=C(O)c1cc2c(O)cc(O)c([N+](=O)[O-])c2s1. The highest BCUT2D eigenvalue weighted by Gasteiger charge is 2.24. The second kappa shape index (κ2) is 3.59. The fraction of sp³-hybridized carbons (Fsp3) is 0. The molecule has 1 heterocycles. The van der Waals surface area contributed by atoms with Crippen LogP contribution in [-0.4, -0.2) is 26.2 Å². The number of aromatic hydroxyl groups is 2. The zero-order chi connectivity index (χ0) is 12.7. The van der Waals surface area contributed by atoms with E-state index in [0.29, 0.717) is 11.3 Å². The monoisotopic (exact) mass is 255 g/mol. The number of phenolic OH excluding ortho intramolecular Hbond substituents is 2. The normalized spacial score (nSPS) is 10.6. The van der Waals surface area contributed by atoms with Crippen molar-refractivity contribution in [3.63, 3.8) is 0 Å². The van der Waals surface area contributed by atoms with Gasteiger partial charge in [-0.3, -0.25) is 10.1 Å². The fourth-order valence-corrected chi connectivity index (χ4v) is 2.46. The molecule has 0 bridgehead atoms. The van der Waals surface area contributed by atoms with Crippen LogP contribution in [0.2, 0.25) is 0 Å². The molecule has 0 radical (unpaired) electrons. The number of rotatable bonds is 2. The molecule has 0 unspecified atom stereocenters. The van der Waals surface area contributed by atoms with Gasteiger partial charge in [0, 0.05) is 11.5 Å². The van der Waals surface area contributed by atoms with Crippen LogP contribution in [0.5, 0.6) is 11.5 Å². The number of hydrogen-bond donors (Lipinski definition) is 3. The van der Waals surface area contributed by atoms with E-state index in [4.69, 9.17) is 5.11 Å². The van der Waals surface area contributed by atoms with E-state index in [1.807, 2.05) is 0 Å². The van der Waals surface area contributed by atoms with Gasteiger partial charge in [-0.2, -0.15) is 0 Å². The van der Waals surface area contributed by atoms with Crippen molar-refractivity contribution in [2.75, 3.05) is 0 Å². The van der Waals surface area contributed by atoms with Gasteiger partial charge in [-0.05, 0) is 6.07 Å². The number of nitro groups is 1. The minimum Gasteiger partial charge on any atom is -0.507 e. The molecule has 0 saturated heterocycles. The number of carboxylic acids is 1. The molecular weight excluding hydrogens is 250 g/mol. The lowest BCUT2D eigenvalue weighted by atomic mass is 10.2. The molecule has 0 atom stereocenters. The van der Waals surface area contributed by atoms with Crippen LogP contribution in [0.1, 0.15) is 9.67 Å². The van der Waals surface area contributed by atoms with Crippen LogP contribution >= 0.6 is 11.3 Å². The number of carboxylic acid groups (broad SMARTS) is 1. The summed E-state index contributed by atoms with van der Waals surface area (Å²) in [6, 6.07) is 1.95. The van der Waals surface area contributed by atoms with Gasteiger partial charge in [0.15, 0.2) is 5.75 Å². The topological polar surface area (TPSA) is 121 Å². The molecule has 17 heavy (non-hydrogen) atoms. The number of hydrogen-bond acceptors (Lipinski definition) is 6. The summed E-state index contributed by atoms with van der Waals surface area (Å²) in [7, 11) is 0. The number of phenols is 2. The largest absolute Gasteiger partial charge is 0.507 e. The van der Waals surface area contributed by atoms with Gasteiger partial charge in [-0.25, -0.2) is 4.79 Å². The Morgan fingerprint density at radius 3 is 2.47 bits per heavy atom. The Labute approximate surface area is 97.3 Å².